The third kappa shape index (κ3) is 4.86. The van der Waals surface area contributed by atoms with Crippen molar-refractivity contribution in [1.82, 2.24) is 0 Å². The van der Waals surface area contributed by atoms with Crippen LogP contribution in [0.5, 0.6) is 0 Å². The molecule has 0 N–H and O–H groups in total. The van der Waals surface area contributed by atoms with Crippen molar-refractivity contribution in [1.29, 1.82) is 0 Å². The van der Waals surface area contributed by atoms with E-state index in [2.05, 4.69) is 86.0 Å². The second kappa shape index (κ2) is 11.0. The third-order valence-corrected chi connectivity index (χ3v) is 6.49. The Kier molecular flexibility index (Phi) is 7.56. The van der Waals surface area contributed by atoms with Crippen LogP contribution in [0.25, 0.3) is 32.7 Å². The van der Waals surface area contributed by atoms with Crippen LogP contribution in [0.4, 0.5) is 0 Å². The van der Waals surface area contributed by atoms with E-state index in [0.717, 1.165) is 25.7 Å². The molecule has 0 atom stereocenters. The van der Waals surface area contributed by atoms with E-state index in [-0.39, 0.29) is 0 Å². The lowest BCUT2D eigenvalue weighted by atomic mass is 9.84. The Balaban J connectivity index is 1.90. The van der Waals surface area contributed by atoms with Crippen molar-refractivity contribution in [2.75, 3.05) is 0 Å². The summed E-state index contributed by atoms with van der Waals surface area (Å²) < 4.78 is 0. The minimum atomic E-state index is 1.09. The summed E-state index contributed by atoms with van der Waals surface area (Å²) in [4.78, 5) is 0. The van der Waals surface area contributed by atoms with Gasteiger partial charge in [0.2, 0.25) is 0 Å². The van der Waals surface area contributed by atoms with Crippen molar-refractivity contribution in [3.8, 4) is 11.1 Å². The van der Waals surface area contributed by atoms with E-state index in [4.69, 9.17) is 0 Å². The Labute approximate surface area is 193 Å². The summed E-state index contributed by atoms with van der Waals surface area (Å²) >= 11 is 0. The predicted molar refractivity (Wildman–Crippen MR) is 142 cm³/mol. The molecule has 162 valence electrons. The van der Waals surface area contributed by atoms with E-state index in [1.54, 1.807) is 0 Å². The summed E-state index contributed by atoms with van der Waals surface area (Å²) in [5.41, 5.74) is 5.82. The zero-order chi connectivity index (χ0) is 22.2. The van der Waals surface area contributed by atoms with Gasteiger partial charge in [0.25, 0.3) is 0 Å². The average molecular weight is 419 g/mol. The molecule has 0 nitrogen and oxygen atoms in total. The monoisotopic (exact) mass is 418 g/mol. The molecule has 0 aliphatic rings. The van der Waals surface area contributed by atoms with Gasteiger partial charge in [-0.25, -0.2) is 0 Å². The van der Waals surface area contributed by atoms with Crippen LogP contribution in [-0.2, 0) is 12.8 Å². The van der Waals surface area contributed by atoms with Gasteiger partial charge in [-0.1, -0.05) is 84.9 Å². The molecule has 4 rings (SSSR count). The number of aryl methyl sites for hydroxylation is 2. The summed E-state index contributed by atoms with van der Waals surface area (Å²) in [5.74, 6) is 0. The molecule has 32 heavy (non-hydrogen) atoms. The second-order valence-electron chi connectivity index (χ2n) is 8.71. The van der Waals surface area contributed by atoms with Crippen LogP contribution in [0.15, 0.2) is 98.1 Å². The van der Waals surface area contributed by atoms with Crippen LogP contribution >= 0.6 is 0 Å². The van der Waals surface area contributed by atoms with E-state index in [1.165, 1.54) is 69.5 Å². The van der Waals surface area contributed by atoms with Gasteiger partial charge in [0.15, 0.2) is 0 Å². The number of allylic oxidation sites excluding steroid dienone is 2. The fraction of sp³-hybridized carbons (Fsp3) is 0.250. The van der Waals surface area contributed by atoms with E-state index in [9.17, 15) is 0 Å². The summed E-state index contributed by atoms with van der Waals surface area (Å²) in [7, 11) is 0. The second-order valence-corrected chi connectivity index (χ2v) is 8.71. The molecule has 0 aliphatic carbocycles. The maximum absolute atomic E-state index is 3.89. The van der Waals surface area contributed by atoms with Crippen molar-refractivity contribution < 1.29 is 0 Å². The molecule has 0 unspecified atom stereocenters. The van der Waals surface area contributed by atoms with Crippen LogP contribution in [-0.4, -0.2) is 0 Å². The Morgan fingerprint density at radius 1 is 0.500 bits per heavy atom. The van der Waals surface area contributed by atoms with Gasteiger partial charge in [0, 0.05) is 0 Å². The SMILES string of the molecule is C=CCCCCc1ccc2ccccc2c1-c1c(CCCCC=C)ccc2ccccc12. The van der Waals surface area contributed by atoms with Crippen LogP contribution < -0.4 is 0 Å². The van der Waals surface area contributed by atoms with Crippen molar-refractivity contribution in [2.45, 2.75) is 51.4 Å². The number of hydrogen-bond donors (Lipinski definition) is 0. The highest BCUT2D eigenvalue weighted by Gasteiger charge is 2.16. The van der Waals surface area contributed by atoms with E-state index in [0.29, 0.717) is 0 Å². The third-order valence-electron chi connectivity index (χ3n) is 6.49. The predicted octanol–water partition coefficient (Wildman–Crippen LogP) is 9.46. The van der Waals surface area contributed by atoms with Crippen molar-refractivity contribution in [3.05, 3.63) is 109 Å². The molecule has 0 saturated carbocycles. The molecule has 4 aromatic rings. The zero-order valence-electron chi connectivity index (χ0n) is 19.2. The molecule has 0 bridgehead atoms. The van der Waals surface area contributed by atoms with Crippen LogP contribution in [0.3, 0.4) is 0 Å². The summed E-state index contributed by atoms with van der Waals surface area (Å²) in [6, 6.07) is 27.1. The lowest BCUT2D eigenvalue weighted by Gasteiger charge is -2.19. The summed E-state index contributed by atoms with van der Waals surface area (Å²) in [6.45, 7) is 7.79. The number of fused-ring (bicyclic) bond motifs is 2. The minimum Gasteiger partial charge on any atom is -0.103 e. The molecule has 0 aliphatic heterocycles. The first-order valence-electron chi connectivity index (χ1n) is 12.1. The molecule has 0 amide bonds. The van der Waals surface area contributed by atoms with E-state index < -0.39 is 0 Å². The molecule has 0 fully saturated rings. The lowest BCUT2D eigenvalue weighted by Crippen LogP contribution is -1.98. The Morgan fingerprint density at radius 3 is 1.38 bits per heavy atom. The number of benzene rings is 4. The van der Waals surface area contributed by atoms with Gasteiger partial charge in [-0.2, -0.15) is 0 Å². The number of rotatable bonds is 11. The van der Waals surface area contributed by atoms with Gasteiger partial charge in [-0.3, -0.25) is 0 Å². The molecule has 0 heteroatoms. The Bertz CT molecular complexity index is 1110. The van der Waals surface area contributed by atoms with Gasteiger partial charge in [-0.15, -0.1) is 13.2 Å². The molecule has 0 aromatic heterocycles. The van der Waals surface area contributed by atoms with Gasteiger partial charge >= 0.3 is 0 Å². The summed E-state index contributed by atoms with van der Waals surface area (Å²) in [6.07, 6.45) is 13.2. The molecular weight excluding hydrogens is 384 g/mol. The van der Waals surface area contributed by atoms with Crippen molar-refractivity contribution in [3.63, 3.8) is 0 Å². The van der Waals surface area contributed by atoms with Crippen molar-refractivity contribution >= 4 is 21.5 Å². The molecular formula is C32H34. The van der Waals surface area contributed by atoms with Crippen LogP contribution in [0, 0.1) is 0 Å². The molecule has 0 heterocycles. The maximum atomic E-state index is 3.89. The van der Waals surface area contributed by atoms with E-state index in [1.807, 2.05) is 12.2 Å². The normalized spacial score (nSPS) is 11.1. The maximum Gasteiger partial charge on any atom is -0.00643 e. The lowest BCUT2D eigenvalue weighted by molar-refractivity contribution is 0.746. The first-order valence-corrected chi connectivity index (χ1v) is 12.1. The topological polar surface area (TPSA) is 0 Å². The fourth-order valence-corrected chi connectivity index (χ4v) is 4.85. The van der Waals surface area contributed by atoms with E-state index >= 15 is 0 Å². The smallest absolute Gasteiger partial charge is 0.00643 e. The first-order chi connectivity index (χ1) is 15.8. The first kappa shape index (κ1) is 22.1. The Morgan fingerprint density at radius 2 is 0.938 bits per heavy atom. The highest BCUT2D eigenvalue weighted by Crippen LogP contribution is 2.40. The Hall–Kier alpha value is -3.12. The molecule has 0 spiro atoms. The molecule has 0 radical (unpaired) electrons. The van der Waals surface area contributed by atoms with Crippen LogP contribution in [0.1, 0.15) is 49.7 Å². The largest absolute Gasteiger partial charge is 0.103 e. The van der Waals surface area contributed by atoms with Crippen molar-refractivity contribution in [2.24, 2.45) is 0 Å². The van der Waals surface area contributed by atoms with Gasteiger partial charge in [0.05, 0.1) is 0 Å². The van der Waals surface area contributed by atoms with Gasteiger partial charge < -0.3 is 0 Å². The fourth-order valence-electron chi connectivity index (χ4n) is 4.85. The van der Waals surface area contributed by atoms with Gasteiger partial charge in [0.1, 0.15) is 0 Å². The average Bonchev–Trinajstić information content (AvgIpc) is 2.84. The summed E-state index contributed by atoms with van der Waals surface area (Å²) in [5, 5.41) is 5.39. The van der Waals surface area contributed by atoms with Crippen LogP contribution in [0.2, 0.25) is 0 Å². The minimum absolute atomic E-state index is 1.09. The highest BCUT2D eigenvalue weighted by molar-refractivity contribution is 6.07. The standard InChI is InChI=1S/C32H34/c1-3-5-7-9-17-27-23-21-25-15-11-13-19-29(25)31(27)32-28(18-10-8-6-4-2)24-22-26-16-12-14-20-30(26)32/h3-4,11-16,19-24H,1-2,5-10,17-18H2. The number of unbranched alkanes of at least 4 members (excludes halogenated alkanes) is 4. The zero-order valence-corrected chi connectivity index (χ0v) is 19.2. The van der Waals surface area contributed by atoms with Gasteiger partial charge in [-0.05, 0) is 95.2 Å². The molecule has 0 saturated heterocycles. The molecule has 4 aromatic carbocycles. The quantitative estimate of drug-likeness (QED) is 0.168. The number of hydrogen-bond acceptors (Lipinski definition) is 0. The highest BCUT2D eigenvalue weighted by atomic mass is 14.2.